The third kappa shape index (κ3) is 1.53. The minimum atomic E-state index is 0.572. The van der Waals surface area contributed by atoms with Gasteiger partial charge in [-0.3, -0.25) is 0 Å². The largest absolute Gasteiger partial charge is 0.381 e. The van der Waals surface area contributed by atoms with Crippen LogP contribution in [0.2, 0.25) is 0 Å². The van der Waals surface area contributed by atoms with Gasteiger partial charge in [-0.15, -0.1) is 0 Å². The quantitative estimate of drug-likeness (QED) is 0.590. The van der Waals surface area contributed by atoms with E-state index in [1.807, 2.05) is 0 Å². The highest BCUT2D eigenvalue weighted by Crippen LogP contribution is 2.42. The van der Waals surface area contributed by atoms with E-state index in [4.69, 9.17) is 10.1 Å². The highest BCUT2D eigenvalue weighted by molar-refractivity contribution is 5.82. The van der Waals surface area contributed by atoms with E-state index in [1.54, 1.807) is 0 Å². The van der Waals surface area contributed by atoms with E-state index < -0.39 is 0 Å². The summed E-state index contributed by atoms with van der Waals surface area (Å²) in [6, 6.07) is 0. The van der Waals surface area contributed by atoms with Gasteiger partial charge in [-0.25, -0.2) is 0 Å². The fourth-order valence-corrected chi connectivity index (χ4v) is 2.39. The number of hydrogen-bond acceptors (Lipinski definition) is 2. The smallest absolute Gasteiger partial charge is 0.0471 e. The molecule has 2 heteroatoms. The standard InChI is InChI=1S/C10H17NO/c11-9-1-3-10(4-2-9)5-7-12-8-6-10/h11H,1-8H2. The van der Waals surface area contributed by atoms with Crippen LogP contribution in [-0.2, 0) is 4.74 Å². The Morgan fingerprint density at radius 3 is 2.17 bits per heavy atom. The lowest BCUT2D eigenvalue weighted by molar-refractivity contribution is 0.00435. The molecule has 1 heterocycles. The lowest BCUT2D eigenvalue weighted by Gasteiger charge is -2.40. The van der Waals surface area contributed by atoms with Crippen molar-refractivity contribution in [3.05, 3.63) is 0 Å². The van der Waals surface area contributed by atoms with Crippen LogP contribution in [0.5, 0.6) is 0 Å². The molecule has 0 radical (unpaired) electrons. The van der Waals surface area contributed by atoms with E-state index in [2.05, 4.69) is 0 Å². The van der Waals surface area contributed by atoms with Crippen molar-refractivity contribution in [1.29, 1.82) is 5.41 Å². The molecule has 2 rings (SSSR count). The molecular weight excluding hydrogens is 150 g/mol. The molecule has 2 nitrogen and oxygen atoms in total. The van der Waals surface area contributed by atoms with Crippen molar-refractivity contribution in [2.24, 2.45) is 5.41 Å². The molecule has 0 unspecified atom stereocenters. The molecule has 0 amide bonds. The molecule has 1 aliphatic heterocycles. The number of ether oxygens (including phenoxy) is 1. The van der Waals surface area contributed by atoms with Gasteiger partial charge in [0.1, 0.15) is 0 Å². The van der Waals surface area contributed by atoms with Crippen LogP contribution in [0.25, 0.3) is 0 Å². The Kier molecular flexibility index (Phi) is 2.18. The first-order chi connectivity index (χ1) is 5.81. The average molecular weight is 167 g/mol. The van der Waals surface area contributed by atoms with Crippen LogP contribution in [0.1, 0.15) is 38.5 Å². The minimum absolute atomic E-state index is 0.572. The molecule has 2 fully saturated rings. The molecule has 1 spiro atoms. The summed E-state index contributed by atoms with van der Waals surface area (Å²) in [5.41, 5.74) is 1.54. The van der Waals surface area contributed by atoms with Crippen molar-refractivity contribution < 1.29 is 4.74 Å². The lowest BCUT2D eigenvalue weighted by Crippen LogP contribution is -2.33. The second-order valence-corrected chi connectivity index (χ2v) is 4.22. The van der Waals surface area contributed by atoms with Crippen molar-refractivity contribution in [3.63, 3.8) is 0 Å². The summed E-state index contributed by atoms with van der Waals surface area (Å²) in [6.07, 6.45) is 7.05. The highest BCUT2D eigenvalue weighted by atomic mass is 16.5. The average Bonchev–Trinajstić information content (AvgIpc) is 2.13. The van der Waals surface area contributed by atoms with Gasteiger partial charge in [0, 0.05) is 18.9 Å². The van der Waals surface area contributed by atoms with Crippen LogP contribution < -0.4 is 0 Å². The van der Waals surface area contributed by atoms with Crippen LogP contribution in [0.3, 0.4) is 0 Å². The molecule has 0 aromatic heterocycles. The molecule has 0 aromatic carbocycles. The number of rotatable bonds is 0. The highest BCUT2D eigenvalue weighted by Gasteiger charge is 2.34. The van der Waals surface area contributed by atoms with Crippen LogP contribution in [0.4, 0.5) is 0 Å². The maximum atomic E-state index is 7.56. The van der Waals surface area contributed by atoms with E-state index in [9.17, 15) is 0 Å². The van der Waals surface area contributed by atoms with Gasteiger partial charge in [0.2, 0.25) is 0 Å². The zero-order chi connectivity index (χ0) is 8.44. The van der Waals surface area contributed by atoms with Crippen molar-refractivity contribution >= 4 is 5.71 Å². The van der Waals surface area contributed by atoms with Gasteiger partial charge in [-0.2, -0.15) is 0 Å². The zero-order valence-electron chi connectivity index (χ0n) is 7.57. The van der Waals surface area contributed by atoms with Gasteiger partial charge >= 0.3 is 0 Å². The van der Waals surface area contributed by atoms with Crippen LogP contribution in [-0.4, -0.2) is 18.9 Å². The molecule has 12 heavy (non-hydrogen) atoms. The topological polar surface area (TPSA) is 33.1 Å². The second-order valence-electron chi connectivity index (χ2n) is 4.22. The summed E-state index contributed by atoms with van der Waals surface area (Å²) < 4.78 is 5.37. The first-order valence-electron chi connectivity index (χ1n) is 4.95. The zero-order valence-corrected chi connectivity index (χ0v) is 7.57. The molecule has 0 atom stereocenters. The van der Waals surface area contributed by atoms with E-state index in [0.717, 1.165) is 31.8 Å². The number of nitrogens with one attached hydrogen (secondary N) is 1. The van der Waals surface area contributed by atoms with Crippen molar-refractivity contribution in [1.82, 2.24) is 0 Å². The van der Waals surface area contributed by atoms with Crippen LogP contribution >= 0.6 is 0 Å². The van der Waals surface area contributed by atoms with Gasteiger partial charge < -0.3 is 10.1 Å². The Morgan fingerprint density at radius 1 is 1.00 bits per heavy atom. The summed E-state index contributed by atoms with van der Waals surface area (Å²) in [4.78, 5) is 0. The van der Waals surface area contributed by atoms with E-state index in [0.29, 0.717) is 5.41 Å². The van der Waals surface area contributed by atoms with Gasteiger partial charge in [-0.1, -0.05) is 0 Å². The van der Waals surface area contributed by atoms with Crippen molar-refractivity contribution in [2.45, 2.75) is 38.5 Å². The normalized spacial score (nSPS) is 29.2. The maximum Gasteiger partial charge on any atom is 0.0471 e. The first-order valence-corrected chi connectivity index (χ1v) is 4.95. The summed E-state index contributed by atoms with van der Waals surface area (Å²) in [7, 11) is 0. The summed E-state index contributed by atoms with van der Waals surface area (Å²) >= 11 is 0. The van der Waals surface area contributed by atoms with Gasteiger partial charge in [0.25, 0.3) is 0 Å². The first kappa shape index (κ1) is 8.24. The van der Waals surface area contributed by atoms with E-state index in [1.165, 1.54) is 25.7 Å². The molecule has 68 valence electrons. The molecule has 1 aliphatic carbocycles. The predicted molar refractivity (Wildman–Crippen MR) is 48.7 cm³/mol. The second kappa shape index (κ2) is 3.17. The third-order valence-electron chi connectivity index (χ3n) is 3.47. The minimum Gasteiger partial charge on any atom is -0.381 e. The summed E-state index contributed by atoms with van der Waals surface area (Å²) in [6.45, 7) is 1.90. The lowest BCUT2D eigenvalue weighted by atomic mass is 9.69. The SMILES string of the molecule is N=C1CCC2(CCOCC2)CC1. The number of hydrogen-bond donors (Lipinski definition) is 1. The van der Waals surface area contributed by atoms with Crippen LogP contribution in [0.15, 0.2) is 0 Å². The van der Waals surface area contributed by atoms with E-state index >= 15 is 0 Å². The van der Waals surface area contributed by atoms with Gasteiger partial charge in [0.05, 0.1) is 0 Å². The fourth-order valence-electron chi connectivity index (χ4n) is 2.39. The van der Waals surface area contributed by atoms with Gasteiger partial charge in [-0.05, 0) is 43.9 Å². The summed E-state index contributed by atoms with van der Waals surface area (Å²) in [5.74, 6) is 0. The Labute approximate surface area is 73.8 Å². The van der Waals surface area contributed by atoms with Gasteiger partial charge in [0.15, 0.2) is 0 Å². The maximum absolute atomic E-state index is 7.56. The Balaban J connectivity index is 1.96. The molecule has 1 saturated carbocycles. The third-order valence-corrected chi connectivity index (χ3v) is 3.47. The molecule has 1 saturated heterocycles. The Hall–Kier alpha value is -0.370. The molecular formula is C10H17NO. The fraction of sp³-hybridized carbons (Fsp3) is 0.900. The van der Waals surface area contributed by atoms with Crippen molar-refractivity contribution in [2.75, 3.05) is 13.2 Å². The molecule has 0 bridgehead atoms. The summed E-state index contributed by atoms with van der Waals surface area (Å²) in [5, 5.41) is 7.56. The Bertz CT molecular complexity index is 170. The van der Waals surface area contributed by atoms with E-state index in [-0.39, 0.29) is 0 Å². The monoisotopic (exact) mass is 167 g/mol. The molecule has 2 aliphatic rings. The Morgan fingerprint density at radius 2 is 1.58 bits per heavy atom. The molecule has 0 aromatic rings. The van der Waals surface area contributed by atoms with Crippen LogP contribution in [0, 0.1) is 10.8 Å². The predicted octanol–water partition coefficient (Wildman–Crippen LogP) is 2.38. The van der Waals surface area contributed by atoms with Crippen molar-refractivity contribution in [3.8, 4) is 0 Å². The molecule has 1 N–H and O–H groups in total.